The number of oxazole rings is 1. The number of hydrogen-bond donors (Lipinski definition) is 0. The van der Waals surface area contributed by atoms with Gasteiger partial charge in [-0.1, -0.05) is 30.3 Å². The molecule has 0 saturated carbocycles. The number of sulfonamides is 1. The van der Waals surface area contributed by atoms with Crippen molar-refractivity contribution in [1.29, 1.82) is 0 Å². The van der Waals surface area contributed by atoms with Gasteiger partial charge >= 0.3 is 5.76 Å². The van der Waals surface area contributed by atoms with Crippen LogP contribution >= 0.6 is 0 Å². The van der Waals surface area contributed by atoms with Crippen LogP contribution in [-0.4, -0.2) is 48.4 Å². The predicted molar refractivity (Wildman–Crippen MR) is 107 cm³/mol. The minimum Gasteiger partial charge on any atom is -0.408 e. The Morgan fingerprint density at radius 1 is 1.00 bits per heavy atom. The smallest absolute Gasteiger partial charge is 0.408 e. The monoisotopic (exact) mass is 401 g/mol. The van der Waals surface area contributed by atoms with Crippen LogP contribution in [0.3, 0.4) is 0 Å². The van der Waals surface area contributed by atoms with Crippen LogP contribution in [0.5, 0.6) is 0 Å². The molecule has 2 heterocycles. The second-order valence-electron chi connectivity index (χ2n) is 7.08. The summed E-state index contributed by atoms with van der Waals surface area (Å²) in [6.45, 7) is 3.26. The number of hydrogen-bond acceptors (Lipinski definition) is 5. The topological polar surface area (TPSA) is 75.8 Å². The van der Waals surface area contributed by atoms with Gasteiger partial charge in [-0.3, -0.25) is 9.47 Å². The molecule has 1 saturated heterocycles. The zero-order valence-electron chi connectivity index (χ0n) is 15.7. The number of benzene rings is 2. The minimum absolute atomic E-state index is 0.158. The minimum atomic E-state index is -3.64. The Balaban J connectivity index is 1.52. The molecule has 0 aliphatic carbocycles. The highest BCUT2D eigenvalue weighted by Crippen LogP contribution is 2.22. The van der Waals surface area contributed by atoms with Crippen LogP contribution in [0.15, 0.2) is 62.6 Å². The van der Waals surface area contributed by atoms with E-state index in [9.17, 15) is 13.2 Å². The number of nitrogens with zero attached hydrogens (tertiary/aromatic N) is 3. The lowest BCUT2D eigenvalue weighted by molar-refractivity contribution is 0.278. The van der Waals surface area contributed by atoms with Gasteiger partial charge in [0, 0.05) is 39.3 Å². The fraction of sp³-hybridized carbons (Fsp3) is 0.350. The number of rotatable bonds is 4. The average Bonchev–Trinajstić information content (AvgIpc) is 2.85. The van der Waals surface area contributed by atoms with Gasteiger partial charge in [-0.25, -0.2) is 13.2 Å². The van der Waals surface area contributed by atoms with Gasteiger partial charge in [0.15, 0.2) is 5.58 Å². The maximum atomic E-state index is 13.1. The van der Waals surface area contributed by atoms with E-state index in [-0.39, 0.29) is 10.5 Å². The largest absolute Gasteiger partial charge is 0.419 e. The van der Waals surface area contributed by atoms with Crippen LogP contribution in [0, 0.1) is 0 Å². The Bertz CT molecular complexity index is 1140. The second-order valence-corrected chi connectivity index (χ2v) is 9.01. The van der Waals surface area contributed by atoms with E-state index in [0.717, 1.165) is 19.5 Å². The normalized spacial score (nSPS) is 17.0. The molecule has 0 bridgehead atoms. The summed E-state index contributed by atoms with van der Waals surface area (Å²) in [4.78, 5) is 14.1. The molecule has 1 aromatic heterocycles. The molecular formula is C20H23N3O4S. The van der Waals surface area contributed by atoms with Crippen LogP contribution < -0.4 is 5.76 Å². The van der Waals surface area contributed by atoms with E-state index in [1.54, 1.807) is 19.2 Å². The first kappa shape index (κ1) is 18.9. The van der Waals surface area contributed by atoms with Crippen LogP contribution in [0.1, 0.15) is 12.0 Å². The molecular weight excluding hydrogens is 378 g/mol. The van der Waals surface area contributed by atoms with Gasteiger partial charge < -0.3 is 4.42 Å². The van der Waals surface area contributed by atoms with E-state index in [1.807, 2.05) is 18.2 Å². The van der Waals surface area contributed by atoms with Crippen molar-refractivity contribution in [2.75, 3.05) is 26.2 Å². The third-order valence-electron chi connectivity index (χ3n) is 5.20. The van der Waals surface area contributed by atoms with Gasteiger partial charge in [-0.15, -0.1) is 0 Å². The molecule has 2 aromatic carbocycles. The lowest BCUT2D eigenvalue weighted by Gasteiger charge is -2.21. The third kappa shape index (κ3) is 3.63. The molecule has 0 N–H and O–H groups in total. The summed E-state index contributed by atoms with van der Waals surface area (Å²) in [5, 5.41) is 0. The summed E-state index contributed by atoms with van der Waals surface area (Å²) < 4.78 is 34.3. The first-order valence-electron chi connectivity index (χ1n) is 9.31. The van der Waals surface area contributed by atoms with Crippen LogP contribution in [0.25, 0.3) is 11.1 Å². The zero-order valence-corrected chi connectivity index (χ0v) is 16.6. The molecule has 148 valence electrons. The summed E-state index contributed by atoms with van der Waals surface area (Å²) in [6, 6.07) is 14.8. The first-order chi connectivity index (χ1) is 13.4. The second kappa shape index (κ2) is 7.54. The predicted octanol–water partition coefficient (Wildman–Crippen LogP) is 2.03. The van der Waals surface area contributed by atoms with E-state index >= 15 is 0 Å². The van der Waals surface area contributed by atoms with E-state index in [4.69, 9.17) is 4.42 Å². The third-order valence-corrected chi connectivity index (χ3v) is 7.09. The summed E-state index contributed by atoms with van der Waals surface area (Å²) in [5.74, 6) is -0.504. The van der Waals surface area contributed by atoms with Crippen molar-refractivity contribution in [3.63, 3.8) is 0 Å². The summed E-state index contributed by atoms with van der Waals surface area (Å²) >= 11 is 0. The molecule has 28 heavy (non-hydrogen) atoms. The highest BCUT2D eigenvalue weighted by Gasteiger charge is 2.27. The maximum Gasteiger partial charge on any atom is 0.419 e. The standard InChI is InChI=1S/C20H23N3O4S/c1-21-18-9-8-17(14-19(18)27-20(21)24)28(25,26)23-11-5-10-22(12-13-23)15-16-6-3-2-4-7-16/h2-4,6-9,14H,5,10-13,15H2,1H3. The lowest BCUT2D eigenvalue weighted by atomic mass is 10.2. The first-order valence-corrected chi connectivity index (χ1v) is 10.8. The van der Waals surface area contributed by atoms with Crippen molar-refractivity contribution in [3.05, 3.63) is 64.6 Å². The molecule has 3 aromatic rings. The summed E-state index contributed by atoms with van der Waals surface area (Å²) in [7, 11) is -2.05. The molecule has 0 amide bonds. The van der Waals surface area contributed by atoms with Crippen LogP contribution in [0.4, 0.5) is 0 Å². The van der Waals surface area contributed by atoms with Gasteiger partial charge in [-0.05, 0) is 30.7 Å². The molecule has 1 fully saturated rings. The summed E-state index contributed by atoms with van der Waals surface area (Å²) in [5.41, 5.74) is 2.09. The van der Waals surface area contributed by atoms with Gasteiger partial charge in [0.1, 0.15) is 0 Å². The van der Waals surface area contributed by atoms with Gasteiger partial charge in [0.05, 0.1) is 10.4 Å². The Hall–Kier alpha value is -2.42. The lowest BCUT2D eigenvalue weighted by Crippen LogP contribution is -2.35. The van der Waals surface area contributed by atoms with Gasteiger partial charge in [-0.2, -0.15) is 4.31 Å². The number of fused-ring (bicyclic) bond motifs is 1. The fourth-order valence-electron chi connectivity index (χ4n) is 3.61. The van der Waals surface area contributed by atoms with Crippen molar-refractivity contribution in [2.45, 2.75) is 17.9 Å². The Morgan fingerprint density at radius 3 is 2.57 bits per heavy atom. The molecule has 1 aliphatic rings. The Morgan fingerprint density at radius 2 is 1.79 bits per heavy atom. The van der Waals surface area contributed by atoms with Crippen molar-refractivity contribution < 1.29 is 12.8 Å². The van der Waals surface area contributed by atoms with Crippen LogP contribution in [0.2, 0.25) is 0 Å². The van der Waals surface area contributed by atoms with Crippen molar-refractivity contribution in [3.8, 4) is 0 Å². The summed E-state index contributed by atoms with van der Waals surface area (Å²) in [6.07, 6.45) is 0.773. The Kier molecular flexibility index (Phi) is 5.09. The quantitative estimate of drug-likeness (QED) is 0.669. The van der Waals surface area contributed by atoms with E-state index in [2.05, 4.69) is 17.0 Å². The molecule has 4 rings (SSSR count). The average molecular weight is 401 g/mol. The molecule has 7 nitrogen and oxygen atoms in total. The molecule has 1 aliphatic heterocycles. The van der Waals surface area contributed by atoms with Crippen molar-refractivity contribution >= 4 is 21.1 Å². The van der Waals surface area contributed by atoms with E-state index in [0.29, 0.717) is 25.2 Å². The zero-order chi connectivity index (χ0) is 19.7. The van der Waals surface area contributed by atoms with E-state index < -0.39 is 15.8 Å². The van der Waals surface area contributed by atoms with Gasteiger partial charge in [0.25, 0.3) is 0 Å². The highest BCUT2D eigenvalue weighted by molar-refractivity contribution is 7.89. The van der Waals surface area contributed by atoms with Crippen LogP contribution in [-0.2, 0) is 23.6 Å². The number of aromatic nitrogens is 1. The molecule has 8 heteroatoms. The maximum absolute atomic E-state index is 13.1. The number of aryl methyl sites for hydroxylation is 1. The van der Waals surface area contributed by atoms with E-state index in [1.165, 1.54) is 20.5 Å². The van der Waals surface area contributed by atoms with Crippen molar-refractivity contribution in [1.82, 2.24) is 13.8 Å². The SMILES string of the molecule is Cn1c(=O)oc2cc(S(=O)(=O)N3CCCN(Cc4ccccc4)CC3)ccc21. The molecule has 0 radical (unpaired) electrons. The fourth-order valence-corrected chi connectivity index (χ4v) is 5.10. The molecule has 0 spiro atoms. The molecule has 0 unspecified atom stereocenters. The Labute approximate surface area is 163 Å². The molecule has 0 atom stereocenters. The highest BCUT2D eigenvalue weighted by atomic mass is 32.2. The van der Waals surface area contributed by atoms with Gasteiger partial charge in [0.2, 0.25) is 10.0 Å². The van der Waals surface area contributed by atoms with Crippen molar-refractivity contribution in [2.24, 2.45) is 7.05 Å².